The molecule has 0 amide bonds. The van der Waals surface area contributed by atoms with E-state index in [0.29, 0.717) is 5.02 Å². The van der Waals surface area contributed by atoms with Gasteiger partial charge in [0.25, 0.3) is 0 Å². The summed E-state index contributed by atoms with van der Waals surface area (Å²) in [5, 5.41) is 11.0. The maximum atomic E-state index is 13.9. The summed E-state index contributed by atoms with van der Waals surface area (Å²) in [6, 6.07) is 11.8. The van der Waals surface area contributed by atoms with Gasteiger partial charge < -0.3 is 10.8 Å². The minimum atomic E-state index is -1.03. The molecule has 0 aliphatic heterocycles. The van der Waals surface area contributed by atoms with Crippen molar-refractivity contribution in [2.75, 3.05) is 6.54 Å². The van der Waals surface area contributed by atoms with Crippen LogP contribution >= 0.6 is 11.6 Å². The molecule has 0 saturated carbocycles. The molecule has 0 aromatic heterocycles. The molecule has 0 aliphatic rings. The number of aliphatic hydroxyl groups is 1. The lowest BCUT2D eigenvalue weighted by Gasteiger charge is -2.24. The summed E-state index contributed by atoms with van der Waals surface area (Å²) in [7, 11) is 0. The standard InChI is InChI=1S/C16H17ClFNO/c1-10-6-7-15(18)12(8-10)16(20)13(9-19)11-4-2-3-5-14(11)17/h2-8,13,16,20H,9,19H2,1H3. The number of rotatable bonds is 4. The first-order chi connectivity index (χ1) is 9.54. The normalized spacial score (nSPS) is 14.1. The SMILES string of the molecule is Cc1ccc(F)c(C(O)C(CN)c2ccccc2Cl)c1. The fourth-order valence-electron chi connectivity index (χ4n) is 2.31. The van der Waals surface area contributed by atoms with Gasteiger partial charge in [0, 0.05) is 23.0 Å². The van der Waals surface area contributed by atoms with Crippen LogP contribution in [-0.2, 0) is 0 Å². The molecule has 0 fully saturated rings. The van der Waals surface area contributed by atoms with Crippen LogP contribution in [0.1, 0.15) is 28.7 Å². The van der Waals surface area contributed by atoms with E-state index >= 15 is 0 Å². The maximum Gasteiger partial charge on any atom is 0.129 e. The Morgan fingerprint density at radius 2 is 1.90 bits per heavy atom. The van der Waals surface area contributed by atoms with E-state index in [1.54, 1.807) is 30.3 Å². The van der Waals surface area contributed by atoms with Crippen LogP contribution in [-0.4, -0.2) is 11.7 Å². The third-order valence-corrected chi connectivity index (χ3v) is 3.75. The van der Waals surface area contributed by atoms with Crippen molar-refractivity contribution in [3.05, 3.63) is 70.0 Å². The average molecular weight is 294 g/mol. The van der Waals surface area contributed by atoms with E-state index in [0.717, 1.165) is 11.1 Å². The molecule has 3 N–H and O–H groups in total. The lowest BCUT2D eigenvalue weighted by Crippen LogP contribution is -2.21. The molecule has 0 spiro atoms. The van der Waals surface area contributed by atoms with Crippen molar-refractivity contribution in [1.29, 1.82) is 0 Å². The largest absolute Gasteiger partial charge is 0.388 e. The van der Waals surface area contributed by atoms with Gasteiger partial charge in [-0.2, -0.15) is 0 Å². The highest BCUT2D eigenvalue weighted by Gasteiger charge is 2.25. The number of nitrogens with two attached hydrogens (primary N) is 1. The van der Waals surface area contributed by atoms with Crippen LogP contribution in [0.2, 0.25) is 5.02 Å². The Labute approximate surface area is 123 Å². The Hall–Kier alpha value is -1.42. The fraction of sp³-hybridized carbons (Fsp3) is 0.250. The fourth-order valence-corrected chi connectivity index (χ4v) is 2.58. The van der Waals surface area contributed by atoms with Crippen LogP contribution in [0, 0.1) is 12.7 Å². The van der Waals surface area contributed by atoms with E-state index in [4.69, 9.17) is 17.3 Å². The molecule has 0 aliphatic carbocycles. The molecule has 2 rings (SSSR count). The van der Waals surface area contributed by atoms with Crippen LogP contribution in [0.4, 0.5) is 4.39 Å². The molecule has 106 valence electrons. The summed E-state index contributed by atoms with van der Waals surface area (Å²) >= 11 is 6.14. The first-order valence-corrected chi connectivity index (χ1v) is 6.81. The summed E-state index contributed by atoms with van der Waals surface area (Å²) in [5.41, 5.74) is 7.62. The summed E-state index contributed by atoms with van der Waals surface area (Å²) in [5.74, 6) is -0.881. The molecule has 4 heteroatoms. The van der Waals surface area contributed by atoms with Crippen molar-refractivity contribution in [3.8, 4) is 0 Å². The van der Waals surface area contributed by atoms with Gasteiger partial charge in [0.2, 0.25) is 0 Å². The number of hydrogen-bond acceptors (Lipinski definition) is 2. The summed E-state index contributed by atoms with van der Waals surface area (Å²) < 4.78 is 13.9. The monoisotopic (exact) mass is 293 g/mol. The summed E-state index contributed by atoms with van der Waals surface area (Å²) in [6.45, 7) is 2.03. The van der Waals surface area contributed by atoms with Crippen LogP contribution in [0.5, 0.6) is 0 Å². The molecule has 2 aromatic rings. The first-order valence-electron chi connectivity index (χ1n) is 6.43. The zero-order chi connectivity index (χ0) is 14.7. The van der Waals surface area contributed by atoms with Gasteiger partial charge in [0.1, 0.15) is 5.82 Å². The first kappa shape index (κ1) is 15.0. The van der Waals surface area contributed by atoms with Gasteiger partial charge in [-0.05, 0) is 24.6 Å². The Bertz CT molecular complexity index is 603. The molecular weight excluding hydrogens is 277 g/mol. The van der Waals surface area contributed by atoms with E-state index in [1.807, 2.05) is 13.0 Å². The predicted octanol–water partition coefficient (Wildman–Crippen LogP) is 3.56. The lowest BCUT2D eigenvalue weighted by molar-refractivity contribution is 0.143. The minimum absolute atomic E-state index is 0.179. The number of halogens is 2. The second-order valence-electron chi connectivity index (χ2n) is 4.83. The van der Waals surface area contributed by atoms with Crippen molar-refractivity contribution < 1.29 is 9.50 Å². The zero-order valence-corrected chi connectivity index (χ0v) is 11.9. The van der Waals surface area contributed by atoms with Crippen molar-refractivity contribution in [2.24, 2.45) is 5.73 Å². The quantitative estimate of drug-likeness (QED) is 0.905. The molecule has 2 atom stereocenters. The van der Waals surface area contributed by atoms with E-state index in [9.17, 15) is 9.50 Å². The van der Waals surface area contributed by atoms with Crippen LogP contribution < -0.4 is 5.73 Å². The lowest BCUT2D eigenvalue weighted by atomic mass is 9.88. The average Bonchev–Trinajstić information content (AvgIpc) is 2.44. The molecule has 20 heavy (non-hydrogen) atoms. The van der Waals surface area contributed by atoms with Gasteiger partial charge in [0.05, 0.1) is 6.10 Å². The predicted molar refractivity (Wildman–Crippen MR) is 79.3 cm³/mol. The maximum absolute atomic E-state index is 13.9. The number of aliphatic hydroxyl groups excluding tert-OH is 1. The number of benzene rings is 2. The Balaban J connectivity index is 2.41. The smallest absolute Gasteiger partial charge is 0.129 e. The van der Waals surface area contributed by atoms with Gasteiger partial charge in [-0.3, -0.25) is 0 Å². The molecule has 0 bridgehead atoms. The van der Waals surface area contributed by atoms with E-state index < -0.39 is 17.8 Å². The molecule has 2 aromatic carbocycles. The third kappa shape index (κ3) is 3.01. The zero-order valence-electron chi connectivity index (χ0n) is 11.2. The van der Waals surface area contributed by atoms with E-state index in [1.165, 1.54) is 6.07 Å². The van der Waals surface area contributed by atoms with Crippen LogP contribution in [0.15, 0.2) is 42.5 Å². The minimum Gasteiger partial charge on any atom is -0.388 e. The Morgan fingerprint density at radius 1 is 1.20 bits per heavy atom. The van der Waals surface area contributed by atoms with E-state index in [2.05, 4.69) is 0 Å². The van der Waals surface area contributed by atoms with Crippen molar-refractivity contribution in [2.45, 2.75) is 18.9 Å². The van der Waals surface area contributed by atoms with Crippen molar-refractivity contribution in [3.63, 3.8) is 0 Å². The molecule has 0 saturated heterocycles. The summed E-state index contributed by atoms with van der Waals surface area (Å²) in [6.07, 6.45) is -1.03. The van der Waals surface area contributed by atoms with Gasteiger partial charge in [0.15, 0.2) is 0 Å². The van der Waals surface area contributed by atoms with Gasteiger partial charge >= 0.3 is 0 Å². The van der Waals surface area contributed by atoms with E-state index in [-0.39, 0.29) is 12.1 Å². The van der Waals surface area contributed by atoms with Crippen LogP contribution in [0.25, 0.3) is 0 Å². The molecule has 2 nitrogen and oxygen atoms in total. The third-order valence-electron chi connectivity index (χ3n) is 3.41. The van der Waals surface area contributed by atoms with Gasteiger partial charge in [-0.25, -0.2) is 4.39 Å². The Morgan fingerprint density at radius 3 is 2.55 bits per heavy atom. The second-order valence-corrected chi connectivity index (χ2v) is 5.24. The van der Waals surface area contributed by atoms with Crippen molar-refractivity contribution in [1.82, 2.24) is 0 Å². The highest BCUT2D eigenvalue weighted by Crippen LogP contribution is 2.35. The summed E-state index contributed by atoms with van der Waals surface area (Å²) in [4.78, 5) is 0. The second kappa shape index (κ2) is 6.35. The van der Waals surface area contributed by atoms with Crippen molar-refractivity contribution >= 4 is 11.6 Å². The number of hydrogen-bond donors (Lipinski definition) is 2. The molecular formula is C16H17ClFNO. The number of aryl methyl sites for hydroxylation is 1. The topological polar surface area (TPSA) is 46.2 Å². The van der Waals surface area contributed by atoms with Gasteiger partial charge in [-0.1, -0.05) is 47.5 Å². The Kier molecular flexibility index (Phi) is 4.76. The highest BCUT2D eigenvalue weighted by atomic mass is 35.5. The highest BCUT2D eigenvalue weighted by molar-refractivity contribution is 6.31. The van der Waals surface area contributed by atoms with Crippen LogP contribution in [0.3, 0.4) is 0 Å². The molecule has 2 unspecified atom stereocenters. The van der Waals surface area contributed by atoms with Gasteiger partial charge in [-0.15, -0.1) is 0 Å². The molecule has 0 heterocycles. The molecule has 0 radical (unpaired) electrons.